The number of benzene rings is 3. The minimum absolute atomic E-state index is 0.793. The van der Waals surface area contributed by atoms with Crippen molar-refractivity contribution in [3.8, 4) is 0 Å². The van der Waals surface area contributed by atoms with Gasteiger partial charge in [0.15, 0.2) is 6.29 Å². The zero-order chi connectivity index (χ0) is 11.8. The first kappa shape index (κ1) is 10.0. The Bertz CT molecular complexity index is 726. The summed E-state index contributed by atoms with van der Waals surface area (Å²) in [5.41, 5.74) is 1.97. The van der Waals surface area contributed by atoms with Gasteiger partial charge < -0.3 is 0 Å². The molecule has 3 rings (SSSR count). The maximum absolute atomic E-state index is 11.3. The molecule has 0 radical (unpaired) electrons. The standard InChI is InChI=1S/C16H12O/c1-11-6-7-13-9-12-4-2-3-5-14(12)16(10-17)15(13)8-11/h2-10H,1H3. The first-order chi connectivity index (χ1) is 8.29. The van der Waals surface area contributed by atoms with Crippen LogP contribution in [0.1, 0.15) is 15.9 Å². The van der Waals surface area contributed by atoms with E-state index < -0.39 is 0 Å². The summed E-state index contributed by atoms with van der Waals surface area (Å²) >= 11 is 0. The molecule has 0 fully saturated rings. The van der Waals surface area contributed by atoms with Crippen LogP contribution >= 0.6 is 0 Å². The van der Waals surface area contributed by atoms with E-state index in [9.17, 15) is 4.79 Å². The Hall–Kier alpha value is -2.15. The summed E-state index contributed by atoms with van der Waals surface area (Å²) in [4.78, 5) is 11.3. The second-order valence-corrected chi connectivity index (χ2v) is 4.35. The van der Waals surface area contributed by atoms with Crippen LogP contribution in [0.4, 0.5) is 0 Å². The molecule has 0 bridgehead atoms. The van der Waals surface area contributed by atoms with E-state index in [0.717, 1.165) is 33.4 Å². The van der Waals surface area contributed by atoms with Crippen molar-refractivity contribution >= 4 is 27.8 Å². The third kappa shape index (κ3) is 1.51. The van der Waals surface area contributed by atoms with Gasteiger partial charge in [0, 0.05) is 5.56 Å². The van der Waals surface area contributed by atoms with E-state index in [1.807, 2.05) is 31.2 Å². The van der Waals surface area contributed by atoms with E-state index in [4.69, 9.17) is 0 Å². The van der Waals surface area contributed by atoms with Gasteiger partial charge in [-0.3, -0.25) is 4.79 Å². The van der Waals surface area contributed by atoms with Crippen LogP contribution in [0.5, 0.6) is 0 Å². The number of aryl methyl sites for hydroxylation is 1. The second kappa shape index (κ2) is 3.70. The van der Waals surface area contributed by atoms with Crippen molar-refractivity contribution in [1.82, 2.24) is 0 Å². The van der Waals surface area contributed by atoms with Crippen LogP contribution in [-0.4, -0.2) is 6.29 Å². The lowest BCUT2D eigenvalue weighted by Crippen LogP contribution is -1.88. The number of fused-ring (bicyclic) bond motifs is 2. The second-order valence-electron chi connectivity index (χ2n) is 4.35. The van der Waals surface area contributed by atoms with Gasteiger partial charge in [-0.2, -0.15) is 0 Å². The minimum Gasteiger partial charge on any atom is -0.298 e. The van der Waals surface area contributed by atoms with Gasteiger partial charge in [-0.1, -0.05) is 48.0 Å². The van der Waals surface area contributed by atoms with Crippen molar-refractivity contribution in [2.75, 3.05) is 0 Å². The van der Waals surface area contributed by atoms with Gasteiger partial charge >= 0.3 is 0 Å². The average molecular weight is 220 g/mol. The number of hydrogen-bond donors (Lipinski definition) is 0. The van der Waals surface area contributed by atoms with Gasteiger partial charge in [0.25, 0.3) is 0 Å². The molecule has 1 nitrogen and oxygen atoms in total. The lowest BCUT2D eigenvalue weighted by atomic mass is 9.96. The molecule has 0 N–H and O–H groups in total. The number of hydrogen-bond acceptors (Lipinski definition) is 1. The molecule has 0 atom stereocenters. The molecular weight excluding hydrogens is 208 g/mol. The van der Waals surface area contributed by atoms with Crippen LogP contribution < -0.4 is 0 Å². The van der Waals surface area contributed by atoms with E-state index in [2.05, 4.69) is 24.3 Å². The Morgan fingerprint density at radius 3 is 2.47 bits per heavy atom. The molecule has 3 aromatic carbocycles. The smallest absolute Gasteiger partial charge is 0.151 e. The molecule has 0 amide bonds. The van der Waals surface area contributed by atoms with E-state index in [1.54, 1.807) is 0 Å². The largest absolute Gasteiger partial charge is 0.298 e. The van der Waals surface area contributed by atoms with Gasteiger partial charge in [-0.25, -0.2) is 0 Å². The fourth-order valence-electron chi connectivity index (χ4n) is 2.34. The lowest BCUT2D eigenvalue weighted by molar-refractivity contribution is 0.112. The Kier molecular flexibility index (Phi) is 2.19. The normalized spacial score (nSPS) is 10.9. The maximum Gasteiger partial charge on any atom is 0.151 e. The highest BCUT2D eigenvalue weighted by molar-refractivity contribution is 6.12. The molecule has 0 aliphatic rings. The number of aldehydes is 1. The quantitative estimate of drug-likeness (QED) is 0.445. The molecular formula is C16H12O. The summed E-state index contributed by atoms with van der Waals surface area (Å²) in [5, 5.41) is 4.31. The van der Waals surface area contributed by atoms with E-state index in [1.165, 1.54) is 5.56 Å². The van der Waals surface area contributed by atoms with Gasteiger partial charge in [0.1, 0.15) is 0 Å². The zero-order valence-corrected chi connectivity index (χ0v) is 9.60. The fourth-order valence-corrected chi connectivity index (χ4v) is 2.34. The summed E-state index contributed by atoms with van der Waals surface area (Å²) < 4.78 is 0. The van der Waals surface area contributed by atoms with Crippen molar-refractivity contribution in [1.29, 1.82) is 0 Å². The summed E-state index contributed by atoms with van der Waals surface area (Å²) in [6.45, 7) is 2.04. The maximum atomic E-state index is 11.3. The Labute approximate surface area is 99.7 Å². The average Bonchev–Trinajstić information content (AvgIpc) is 2.36. The Morgan fingerprint density at radius 1 is 0.882 bits per heavy atom. The molecule has 82 valence electrons. The molecule has 0 heterocycles. The molecule has 17 heavy (non-hydrogen) atoms. The topological polar surface area (TPSA) is 17.1 Å². The van der Waals surface area contributed by atoms with E-state index in [-0.39, 0.29) is 0 Å². The third-order valence-corrected chi connectivity index (χ3v) is 3.18. The van der Waals surface area contributed by atoms with Crippen LogP contribution in [0.25, 0.3) is 21.5 Å². The van der Waals surface area contributed by atoms with Crippen molar-refractivity contribution in [2.45, 2.75) is 6.92 Å². The predicted octanol–water partition coefficient (Wildman–Crippen LogP) is 4.11. The van der Waals surface area contributed by atoms with Crippen molar-refractivity contribution in [3.05, 3.63) is 59.7 Å². The Balaban J connectivity index is 2.59. The molecule has 0 aliphatic heterocycles. The number of rotatable bonds is 1. The SMILES string of the molecule is Cc1ccc2cc3ccccc3c(C=O)c2c1. The number of carbonyl (C=O) groups excluding carboxylic acids is 1. The van der Waals surface area contributed by atoms with Gasteiger partial charge in [-0.05, 0) is 34.5 Å². The van der Waals surface area contributed by atoms with Crippen molar-refractivity contribution in [2.24, 2.45) is 0 Å². The summed E-state index contributed by atoms with van der Waals surface area (Å²) in [6, 6.07) is 16.4. The van der Waals surface area contributed by atoms with Crippen LogP contribution in [0.3, 0.4) is 0 Å². The van der Waals surface area contributed by atoms with Crippen LogP contribution in [0.2, 0.25) is 0 Å². The van der Waals surface area contributed by atoms with Gasteiger partial charge in [-0.15, -0.1) is 0 Å². The predicted molar refractivity (Wildman–Crippen MR) is 71.6 cm³/mol. The van der Waals surface area contributed by atoms with E-state index in [0.29, 0.717) is 0 Å². The van der Waals surface area contributed by atoms with Crippen LogP contribution in [0, 0.1) is 6.92 Å². The number of carbonyl (C=O) groups is 1. The molecule has 1 heteroatoms. The van der Waals surface area contributed by atoms with Crippen molar-refractivity contribution in [3.63, 3.8) is 0 Å². The third-order valence-electron chi connectivity index (χ3n) is 3.18. The highest BCUT2D eigenvalue weighted by Gasteiger charge is 2.06. The van der Waals surface area contributed by atoms with Crippen molar-refractivity contribution < 1.29 is 4.79 Å². The first-order valence-corrected chi connectivity index (χ1v) is 5.67. The highest BCUT2D eigenvalue weighted by atomic mass is 16.1. The monoisotopic (exact) mass is 220 g/mol. The summed E-state index contributed by atoms with van der Waals surface area (Å²) in [7, 11) is 0. The molecule has 0 aromatic heterocycles. The molecule has 0 saturated carbocycles. The highest BCUT2D eigenvalue weighted by Crippen LogP contribution is 2.27. The Morgan fingerprint density at radius 2 is 1.65 bits per heavy atom. The summed E-state index contributed by atoms with van der Waals surface area (Å²) in [5.74, 6) is 0. The fraction of sp³-hybridized carbons (Fsp3) is 0.0625. The first-order valence-electron chi connectivity index (χ1n) is 5.67. The molecule has 0 aliphatic carbocycles. The molecule has 0 unspecified atom stereocenters. The molecule has 0 spiro atoms. The van der Waals surface area contributed by atoms with Gasteiger partial charge in [0.2, 0.25) is 0 Å². The van der Waals surface area contributed by atoms with Crippen LogP contribution in [0.15, 0.2) is 48.5 Å². The summed E-state index contributed by atoms with van der Waals surface area (Å²) in [6.07, 6.45) is 0.962. The van der Waals surface area contributed by atoms with Gasteiger partial charge in [0.05, 0.1) is 0 Å². The molecule has 0 saturated heterocycles. The van der Waals surface area contributed by atoms with E-state index >= 15 is 0 Å². The minimum atomic E-state index is 0.793. The lowest BCUT2D eigenvalue weighted by Gasteiger charge is -2.07. The molecule has 3 aromatic rings. The zero-order valence-electron chi connectivity index (χ0n) is 9.60. The van der Waals surface area contributed by atoms with Crippen LogP contribution in [-0.2, 0) is 0 Å².